The third-order valence-corrected chi connectivity index (χ3v) is 1.52. The van der Waals surface area contributed by atoms with Crippen molar-refractivity contribution in [3.05, 3.63) is 12.2 Å². The quantitative estimate of drug-likeness (QED) is 0.387. The maximum absolute atomic E-state index is 12.8. The Kier molecular flexibility index (Phi) is 1.65. The minimum Gasteiger partial charge on any atom is -0.299 e. The molecule has 0 saturated heterocycles. The molecular weight excluding hydrogens is 119 g/mol. The summed E-state index contributed by atoms with van der Waals surface area (Å²) in [5, 5.41) is 0. The number of hydrogen-bond acceptors (Lipinski definition) is 1. The Labute approximate surface area is 53.6 Å². The average molecular weight is 128 g/mol. The van der Waals surface area contributed by atoms with Gasteiger partial charge < -0.3 is 0 Å². The van der Waals surface area contributed by atoms with E-state index >= 15 is 0 Å². The first kappa shape index (κ1) is 6.46. The van der Waals surface area contributed by atoms with Crippen molar-refractivity contribution in [1.29, 1.82) is 0 Å². The van der Waals surface area contributed by atoms with Crippen molar-refractivity contribution in [1.82, 2.24) is 0 Å². The smallest absolute Gasteiger partial charge is 0.183 e. The van der Waals surface area contributed by atoms with Crippen LogP contribution in [0.25, 0.3) is 0 Å². The average Bonchev–Trinajstić information content (AvgIpc) is 1.90. The molecule has 1 aliphatic rings. The Hall–Kier alpha value is -0.660. The normalized spacial score (nSPS) is 34.3. The lowest BCUT2D eigenvalue weighted by Gasteiger charge is -2.16. The molecular formula is C7H9FO. The van der Waals surface area contributed by atoms with Gasteiger partial charge in [0.25, 0.3) is 0 Å². The maximum Gasteiger partial charge on any atom is 0.183 e. The van der Waals surface area contributed by atoms with Crippen LogP contribution in [0.4, 0.5) is 4.39 Å². The van der Waals surface area contributed by atoms with Gasteiger partial charge in [0, 0.05) is 0 Å². The summed E-state index contributed by atoms with van der Waals surface area (Å²) in [5.74, 6) is 0. The highest BCUT2D eigenvalue weighted by Crippen LogP contribution is 2.23. The van der Waals surface area contributed by atoms with Gasteiger partial charge >= 0.3 is 0 Å². The molecule has 0 saturated carbocycles. The van der Waals surface area contributed by atoms with Crippen molar-refractivity contribution in [2.45, 2.75) is 24.9 Å². The number of hydrogen-bond donors (Lipinski definition) is 0. The standard InChI is InChI=1S/C7H9FO/c8-7(6-9)4-2-1-3-5-7/h2,4,6H,1,3,5H2. The zero-order valence-corrected chi connectivity index (χ0v) is 5.14. The second kappa shape index (κ2) is 2.29. The van der Waals surface area contributed by atoms with Gasteiger partial charge in [-0.25, -0.2) is 4.39 Å². The van der Waals surface area contributed by atoms with Crippen LogP contribution in [0.5, 0.6) is 0 Å². The Morgan fingerprint density at radius 1 is 1.67 bits per heavy atom. The highest BCUT2D eigenvalue weighted by atomic mass is 19.1. The number of halogens is 1. The second-order valence-electron chi connectivity index (χ2n) is 2.34. The number of allylic oxidation sites excluding steroid dienone is 2. The number of alkyl halides is 1. The van der Waals surface area contributed by atoms with Crippen molar-refractivity contribution in [3.8, 4) is 0 Å². The number of rotatable bonds is 1. The minimum absolute atomic E-state index is 0.354. The first-order valence-electron chi connectivity index (χ1n) is 3.10. The third-order valence-electron chi connectivity index (χ3n) is 1.52. The molecule has 0 aromatic carbocycles. The summed E-state index contributed by atoms with van der Waals surface area (Å²) in [6.45, 7) is 0. The third kappa shape index (κ3) is 1.37. The van der Waals surface area contributed by atoms with E-state index in [0.29, 0.717) is 12.7 Å². The number of aldehydes is 1. The van der Waals surface area contributed by atoms with Crippen LogP contribution < -0.4 is 0 Å². The van der Waals surface area contributed by atoms with E-state index in [9.17, 15) is 9.18 Å². The molecule has 1 atom stereocenters. The van der Waals surface area contributed by atoms with Gasteiger partial charge in [-0.2, -0.15) is 0 Å². The van der Waals surface area contributed by atoms with E-state index in [2.05, 4.69) is 0 Å². The molecule has 0 bridgehead atoms. The van der Waals surface area contributed by atoms with Gasteiger partial charge in [0.2, 0.25) is 0 Å². The Balaban J connectivity index is 2.67. The molecule has 2 heteroatoms. The Morgan fingerprint density at radius 3 is 2.78 bits per heavy atom. The summed E-state index contributed by atoms with van der Waals surface area (Å²) in [5.41, 5.74) is -1.64. The molecule has 0 radical (unpaired) electrons. The molecule has 0 aliphatic heterocycles. The van der Waals surface area contributed by atoms with Gasteiger partial charge in [0.05, 0.1) is 0 Å². The van der Waals surface area contributed by atoms with Crippen molar-refractivity contribution in [3.63, 3.8) is 0 Å². The molecule has 1 unspecified atom stereocenters. The highest BCUT2D eigenvalue weighted by Gasteiger charge is 2.26. The molecule has 50 valence electrons. The van der Waals surface area contributed by atoms with Crippen molar-refractivity contribution in [2.75, 3.05) is 0 Å². The maximum atomic E-state index is 12.8. The summed E-state index contributed by atoms with van der Waals surface area (Å²) in [7, 11) is 0. The molecule has 1 nitrogen and oxygen atoms in total. The molecule has 0 spiro atoms. The molecule has 0 fully saturated rings. The second-order valence-corrected chi connectivity index (χ2v) is 2.34. The SMILES string of the molecule is O=CC1(F)C=CCCC1. The molecule has 0 aromatic rings. The van der Waals surface area contributed by atoms with Gasteiger partial charge in [-0.05, 0) is 25.3 Å². The molecule has 0 amide bonds. The predicted octanol–water partition coefficient (Wildman–Crippen LogP) is 1.63. The molecule has 0 aromatic heterocycles. The first-order valence-corrected chi connectivity index (χ1v) is 3.10. The fourth-order valence-electron chi connectivity index (χ4n) is 0.952. The van der Waals surface area contributed by atoms with E-state index in [4.69, 9.17) is 0 Å². The van der Waals surface area contributed by atoms with E-state index in [0.717, 1.165) is 12.8 Å². The van der Waals surface area contributed by atoms with Gasteiger partial charge in [-0.1, -0.05) is 6.08 Å². The lowest BCUT2D eigenvalue weighted by Crippen LogP contribution is -2.23. The monoisotopic (exact) mass is 128 g/mol. The Bertz CT molecular complexity index is 142. The molecule has 0 heterocycles. The fourth-order valence-corrected chi connectivity index (χ4v) is 0.952. The zero-order valence-electron chi connectivity index (χ0n) is 5.14. The topological polar surface area (TPSA) is 17.1 Å². The van der Waals surface area contributed by atoms with Crippen LogP contribution in [0.3, 0.4) is 0 Å². The summed E-state index contributed by atoms with van der Waals surface area (Å²) in [6, 6.07) is 0. The lowest BCUT2D eigenvalue weighted by atomic mass is 9.94. The van der Waals surface area contributed by atoms with Gasteiger partial charge in [0.15, 0.2) is 12.0 Å². The van der Waals surface area contributed by atoms with Crippen molar-refractivity contribution in [2.24, 2.45) is 0 Å². The zero-order chi connectivity index (χ0) is 6.74. The minimum atomic E-state index is -1.64. The summed E-state index contributed by atoms with van der Waals surface area (Å²) in [4.78, 5) is 10.1. The van der Waals surface area contributed by atoms with Crippen molar-refractivity contribution < 1.29 is 9.18 Å². The van der Waals surface area contributed by atoms with Crippen LogP contribution in [0.15, 0.2) is 12.2 Å². The first-order chi connectivity index (χ1) is 4.27. The van der Waals surface area contributed by atoms with Crippen LogP contribution in [-0.4, -0.2) is 12.0 Å². The molecule has 0 N–H and O–H groups in total. The molecule has 1 aliphatic carbocycles. The van der Waals surface area contributed by atoms with Crippen LogP contribution in [0.2, 0.25) is 0 Å². The fraction of sp³-hybridized carbons (Fsp3) is 0.571. The van der Waals surface area contributed by atoms with Gasteiger partial charge in [-0.15, -0.1) is 0 Å². The Morgan fingerprint density at radius 2 is 2.44 bits per heavy atom. The summed E-state index contributed by atoms with van der Waals surface area (Å²) in [6.07, 6.45) is 5.49. The van der Waals surface area contributed by atoms with Crippen LogP contribution in [-0.2, 0) is 4.79 Å². The van der Waals surface area contributed by atoms with Crippen LogP contribution >= 0.6 is 0 Å². The molecule has 1 rings (SSSR count). The van der Waals surface area contributed by atoms with Gasteiger partial charge in [-0.3, -0.25) is 4.79 Å². The highest BCUT2D eigenvalue weighted by molar-refractivity contribution is 5.66. The van der Waals surface area contributed by atoms with E-state index < -0.39 is 5.67 Å². The number of carbonyl (C=O) groups is 1. The largest absolute Gasteiger partial charge is 0.299 e. The van der Waals surface area contributed by atoms with E-state index in [1.165, 1.54) is 6.08 Å². The lowest BCUT2D eigenvalue weighted by molar-refractivity contribution is -0.115. The van der Waals surface area contributed by atoms with E-state index in [1.54, 1.807) is 6.08 Å². The van der Waals surface area contributed by atoms with Crippen LogP contribution in [0, 0.1) is 0 Å². The van der Waals surface area contributed by atoms with E-state index in [1.807, 2.05) is 0 Å². The predicted molar refractivity (Wildman–Crippen MR) is 32.9 cm³/mol. The van der Waals surface area contributed by atoms with Crippen LogP contribution in [0.1, 0.15) is 19.3 Å². The van der Waals surface area contributed by atoms with E-state index in [-0.39, 0.29) is 0 Å². The van der Waals surface area contributed by atoms with Gasteiger partial charge in [0.1, 0.15) is 0 Å². The van der Waals surface area contributed by atoms with Crippen molar-refractivity contribution >= 4 is 6.29 Å². The molecule has 9 heavy (non-hydrogen) atoms. The summed E-state index contributed by atoms with van der Waals surface area (Å²) < 4.78 is 12.8. The number of carbonyl (C=O) groups excluding carboxylic acids is 1. The summed E-state index contributed by atoms with van der Waals surface area (Å²) >= 11 is 0.